The van der Waals surface area contributed by atoms with Crippen molar-refractivity contribution >= 4 is 5.84 Å². The number of nitrogens with two attached hydrogens (primary N) is 1. The normalized spacial score (nSPS) is 18.1. The van der Waals surface area contributed by atoms with Crippen molar-refractivity contribution in [2.24, 2.45) is 10.9 Å². The van der Waals surface area contributed by atoms with Gasteiger partial charge in [-0.05, 0) is 18.4 Å². The Labute approximate surface area is 107 Å². The zero-order chi connectivity index (χ0) is 12.8. The lowest BCUT2D eigenvalue weighted by Crippen LogP contribution is -2.33. The highest BCUT2D eigenvalue weighted by molar-refractivity contribution is 5.80. The minimum atomic E-state index is 0.0898. The van der Waals surface area contributed by atoms with E-state index in [-0.39, 0.29) is 11.9 Å². The van der Waals surface area contributed by atoms with Gasteiger partial charge in [-0.2, -0.15) is 0 Å². The van der Waals surface area contributed by atoms with Crippen molar-refractivity contribution < 1.29 is 5.21 Å². The SMILES string of the molecule is N/C(CC(NC1CC=CC1)c1ccccc1)=N/O. The van der Waals surface area contributed by atoms with E-state index in [1.54, 1.807) is 0 Å². The number of rotatable bonds is 5. The van der Waals surface area contributed by atoms with E-state index in [0.717, 1.165) is 18.4 Å². The van der Waals surface area contributed by atoms with Crippen molar-refractivity contribution in [3.05, 3.63) is 48.0 Å². The Bertz CT molecular complexity index is 420. The fraction of sp³-hybridized carbons (Fsp3) is 0.357. The molecule has 0 saturated carbocycles. The predicted octanol–water partition coefficient (Wildman–Crippen LogP) is 2.17. The molecule has 0 spiro atoms. The minimum Gasteiger partial charge on any atom is -0.409 e. The number of hydrogen-bond donors (Lipinski definition) is 3. The number of nitrogens with one attached hydrogen (secondary N) is 1. The van der Waals surface area contributed by atoms with Gasteiger partial charge in [0.1, 0.15) is 5.84 Å². The predicted molar refractivity (Wildman–Crippen MR) is 72.5 cm³/mol. The first-order valence-electron chi connectivity index (χ1n) is 6.22. The van der Waals surface area contributed by atoms with Crippen LogP contribution < -0.4 is 11.1 Å². The molecule has 1 aromatic rings. The maximum absolute atomic E-state index is 8.71. The van der Waals surface area contributed by atoms with Crippen LogP contribution in [-0.2, 0) is 0 Å². The number of hydrogen-bond acceptors (Lipinski definition) is 3. The van der Waals surface area contributed by atoms with Gasteiger partial charge in [-0.3, -0.25) is 0 Å². The number of oxime groups is 1. The quantitative estimate of drug-likeness (QED) is 0.245. The van der Waals surface area contributed by atoms with E-state index in [0.29, 0.717) is 12.5 Å². The second kappa shape index (κ2) is 6.21. The van der Waals surface area contributed by atoms with E-state index < -0.39 is 0 Å². The molecule has 0 fully saturated rings. The summed E-state index contributed by atoms with van der Waals surface area (Å²) < 4.78 is 0. The minimum absolute atomic E-state index is 0.0898. The molecule has 0 saturated heterocycles. The summed E-state index contributed by atoms with van der Waals surface area (Å²) in [6, 6.07) is 10.6. The molecule has 0 radical (unpaired) electrons. The van der Waals surface area contributed by atoms with Gasteiger partial charge in [0.05, 0.1) is 0 Å². The van der Waals surface area contributed by atoms with Gasteiger partial charge >= 0.3 is 0 Å². The molecule has 0 amide bonds. The summed E-state index contributed by atoms with van der Waals surface area (Å²) in [5.41, 5.74) is 6.79. The zero-order valence-electron chi connectivity index (χ0n) is 10.3. The summed E-state index contributed by atoms with van der Waals surface area (Å²) in [4.78, 5) is 0. The first-order valence-corrected chi connectivity index (χ1v) is 6.22. The molecule has 1 atom stereocenters. The number of nitrogens with zero attached hydrogens (tertiary/aromatic N) is 1. The van der Waals surface area contributed by atoms with E-state index in [1.807, 2.05) is 18.2 Å². The smallest absolute Gasteiger partial charge is 0.141 e. The summed E-state index contributed by atoms with van der Waals surface area (Å²) >= 11 is 0. The van der Waals surface area contributed by atoms with Crippen LogP contribution in [0.15, 0.2) is 47.6 Å². The van der Waals surface area contributed by atoms with Gasteiger partial charge in [0, 0.05) is 18.5 Å². The molecule has 1 aliphatic carbocycles. The van der Waals surface area contributed by atoms with Crippen LogP contribution in [-0.4, -0.2) is 17.1 Å². The van der Waals surface area contributed by atoms with Gasteiger partial charge in [-0.15, -0.1) is 0 Å². The van der Waals surface area contributed by atoms with Crippen molar-refractivity contribution in [1.29, 1.82) is 0 Å². The van der Waals surface area contributed by atoms with E-state index >= 15 is 0 Å². The van der Waals surface area contributed by atoms with Gasteiger partial charge in [0.15, 0.2) is 0 Å². The standard InChI is InChI=1S/C14H19N3O/c15-14(17-18)10-13(11-6-2-1-3-7-11)16-12-8-4-5-9-12/h1-7,12-13,16,18H,8-10H2,(H2,15,17). The van der Waals surface area contributed by atoms with Gasteiger partial charge in [0.25, 0.3) is 0 Å². The van der Waals surface area contributed by atoms with E-state index in [1.165, 1.54) is 0 Å². The van der Waals surface area contributed by atoms with Gasteiger partial charge < -0.3 is 16.3 Å². The lowest BCUT2D eigenvalue weighted by molar-refractivity contribution is 0.315. The lowest BCUT2D eigenvalue weighted by atomic mass is 10.0. The molecule has 0 heterocycles. The first-order chi connectivity index (χ1) is 8.79. The maximum atomic E-state index is 8.71. The fourth-order valence-corrected chi connectivity index (χ4v) is 2.25. The summed E-state index contributed by atoms with van der Waals surface area (Å²) in [7, 11) is 0. The van der Waals surface area contributed by atoms with Crippen LogP contribution in [0.5, 0.6) is 0 Å². The molecular formula is C14H19N3O. The Balaban J connectivity index is 2.07. The largest absolute Gasteiger partial charge is 0.409 e. The summed E-state index contributed by atoms with van der Waals surface area (Å²) in [5, 5.41) is 15.3. The van der Waals surface area contributed by atoms with Gasteiger partial charge in [-0.25, -0.2) is 0 Å². The molecule has 0 aliphatic heterocycles. The highest BCUT2D eigenvalue weighted by atomic mass is 16.4. The molecule has 0 bridgehead atoms. The molecule has 1 aliphatic rings. The lowest BCUT2D eigenvalue weighted by Gasteiger charge is -2.23. The third kappa shape index (κ3) is 3.34. The highest BCUT2D eigenvalue weighted by Crippen LogP contribution is 2.20. The Morgan fingerprint density at radius 3 is 2.61 bits per heavy atom. The monoisotopic (exact) mass is 245 g/mol. The van der Waals surface area contributed by atoms with E-state index in [2.05, 4.69) is 34.8 Å². The molecule has 96 valence electrons. The van der Waals surface area contributed by atoms with Gasteiger partial charge in [-0.1, -0.05) is 47.6 Å². The topological polar surface area (TPSA) is 70.6 Å². The summed E-state index contributed by atoms with van der Waals surface area (Å²) in [6.45, 7) is 0. The van der Waals surface area contributed by atoms with Crippen molar-refractivity contribution in [2.45, 2.75) is 31.3 Å². The van der Waals surface area contributed by atoms with Crippen LogP contribution in [0.3, 0.4) is 0 Å². The van der Waals surface area contributed by atoms with Crippen LogP contribution in [0.4, 0.5) is 0 Å². The Kier molecular flexibility index (Phi) is 4.36. The number of amidine groups is 1. The van der Waals surface area contributed by atoms with Crippen molar-refractivity contribution in [3.8, 4) is 0 Å². The third-order valence-corrected chi connectivity index (χ3v) is 3.19. The van der Waals surface area contributed by atoms with Crippen molar-refractivity contribution in [3.63, 3.8) is 0 Å². The summed E-state index contributed by atoms with van der Waals surface area (Å²) in [6.07, 6.45) is 6.96. The molecule has 2 rings (SSSR count). The highest BCUT2D eigenvalue weighted by Gasteiger charge is 2.18. The second-order valence-corrected chi connectivity index (χ2v) is 4.57. The summed E-state index contributed by atoms with van der Waals surface area (Å²) in [5.74, 6) is 0.252. The van der Waals surface area contributed by atoms with Crippen LogP contribution in [0, 0.1) is 0 Å². The maximum Gasteiger partial charge on any atom is 0.141 e. The Morgan fingerprint density at radius 1 is 1.33 bits per heavy atom. The van der Waals surface area contributed by atoms with Crippen LogP contribution in [0.1, 0.15) is 30.9 Å². The van der Waals surface area contributed by atoms with Crippen LogP contribution in [0.2, 0.25) is 0 Å². The molecule has 0 aromatic heterocycles. The van der Waals surface area contributed by atoms with Crippen LogP contribution in [0.25, 0.3) is 0 Å². The Morgan fingerprint density at radius 2 is 2.00 bits per heavy atom. The van der Waals surface area contributed by atoms with Gasteiger partial charge in [0.2, 0.25) is 0 Å². The molecule has 1 unspecified atom stereocenters. The molecule has 4 N–H and O–H groups in total. The van der Waals surface area contributed by atoms with Crippen LogP contribution >= 0.6 is 0 Å². The van der Waals surface area contributed by atoms with Crippen molar-refractivity contribution in [2.75, 3.05) is 0 Å². The molecule has 4 heteroatoms. The Hall–Kier alpha value is -1.81. The third-order valence-electron chi connectivity index (χ3n) is 3.19. The average Bonchev–Trinajstić information content (AvgIpc) is 2.92. The molecule has 18 heavy (non-hydrogen) atoms. The fourth-order valence-electron chi connectivity index (χ4n) is 2.25. The first kappa shape index (κ1) is 12.6. The average molecular weight is 245 g/mol. The number of benzene rings is 1. The molecule has 4 nitrogen and oxygen atoms in total. The molecule has 1 aromatic carbocycles. The second-order valence-electron chi connectivity index (χ2n) is 4.57. The van der Waals surface area contributed by atoms with E-state index in [4.69, 9.17) is 10.9 Å². The zero-order valence-corrected chi connectivity index (χ0v) is 10.3. The van der Waals surface area contributed by atoms with E-state index in [9.17, 15) is 0 Å². The van der Waals surface area contributed by atoms with Crippen molar-refractivity contribution in [1.82, 2.24) is 5.32 Å². The molecular weight excluding hydrogens is 226 g/mol.